The van der Waals surface area contributed by atoms with Gasteiger partial charge in [-0.1, -0.05) is 13.3 Å². The summed E-state index contributed by atoms with van der Waals surface area (Å²) < 4.78 is 5.60. The largest absolute Gasteiger partial charge is 0.481 e. The highest BCUT2D eigenvalue weighted by Crippen LogP contribution is 2.20. The lowest BCUT2D eigenvalue weighted by molar-refractivity contribution is -0.141. The Morgan fingerprint density at radius 1 is 1.21 bits per heavy atom. The second-order valence-corrected chi connectivity index (χ2v) is 5.35. The highest BCUT2D eigenvalue weighted by molar-refractivity contribution is 5.94. The van der Waals surface area contributed by atoms with E-state index in [9.17, 15) is 9.59 Å². The number of pyridine rings is 1. The number of carboxylic acids is 1. The summed E-state index contributed by atoms with van der Waals surface area (Å²) in [5.74, 6) is -0.553. The molecule has 0 spiro atoms. The number of hydrogen-bond acceptors (Lipinski definition) is 4. The maximum absolute atomic E-state index is 12.1. The molecule has 2 rings (SSSR count). The zero-order valence-electron chi connectivity index (χ0n) is 13.4. The minimum Gasteiger partial charge on any atom is -0.481 e. The topological polar surface area (TPSA) is 88.5 Å². The van der Waals surface area contributed by atoms with Gasteiger partial charge in [0.2, 0.25) is 0 Å². The smallest absolute Gasteiger partial charge is 0.308 e. The van der Waals surface area contributed by atoms with E-state index in [1.54, 1.807) is 48.8 Å². The fourth-order valence-corrected chi connectivity index (χ4v) is 2.20. The SMILES string of the molecule is CCCC(CNC(=O)c1ccc(Oc2cccnc2)cc1)C(=O)O. The van der Waals surface area contributed by atoms with Crippen LogP contribution in [0.15, 0.2) is 48.8 Å². The first-order valence-electron chi connectivity index (χ1n) is 7.79. The summed E-state index contributed by atoms with van der Waals surface area (Å²) in [7, 11) is 0. The van der Waals surface area contributed by atoms with Gasteiger partial charge in [-0.2, -0.15) is 0 Å². The Morgan fingerprint density at radius 3 is 2.54 bits per heavy atom. The normalized spacial score (nSPS) is 11.5. The number of carboxylic acid groups (broad SMARTS) is 1. The summed E-state index contributed by atoms with van der Waals surface area (Å²) in [6.07, 6.45) is 4.55. The molecule has 6 heteroatoms. The van der Waals surface area contributed by atoms with Gasteiger partial charge in [-0.05, 0) is 42.8 Å². The molecule has 0 aliphatic carbocycles. The van der Waals surface area contributed by atoms with Crippen molar-refractivity contribution < 1.29 is 19.4 Å². The highest BCUT2D eigenvalue weighted by Gasteiger charge is 2.17. The van der Waals surface area contributed by atoms with Gasteiger partial charge < -0.3 is 15.2 Å². The van der Waals surface area contributed by atoms with Gasteiger partial charge >= 0.3 is 5.97 Å². The second-order valence-electron chi connectivity index (χ2n) is 5.35. The molecule has 0 fully saturated rings. The average Bonchev–Trinajstić information content (AvgIpc) is 2.59. The lowest BCUT2D eigenvalue weighted by Gasteiger charge is -2.12. The third kappa shape index (κ3) is 5.08. The van der Waals surface area contributed by atoms with Crippen LogP contribution in [0.2, 0.25) is 0 Å². The number of carbonyl (C=O) groups excluding carboxylic acids is 1. The molecule has 1 aromatic carbocycles. The van der Waals surface area contributed by atoms with Gasteiger partial charge in [0, 0.05) is 18.3 Å². The van der Waals surface area contributed by atoms with Crippen molar-refractivity contribution >= 4 is 11.9 Å². The lowest BCUT2D eigenvalue weighted by Crippen LogP contribution is -2.32. The van der Waals surface area contributed by atoms with E-state index >= 15 is 0 Å². The van der Waals surface area contributed by atoms with Crippen LogP contribution in [0.1, 0.15) is 30.1 Å². The van der Waals surface area contributed by atoms with Gasteiger partial charge in [0.15, 0.2) is 0 Å². The maximum Gasteiger partial charge on any atom is 0.308 e. The van der Waals surface area contributed by atoms with Crippen molar-refractivity contribution in [3.05, 3.63) is 54.4 Å². The van der Waals surface area contributed by atoms with Gasteiger partial charge in [0.25, 0.3) is 5.91 Å². The fraction of sp³-hybridized carbons (Fsp3) is 0.278. The molecule has 24 heavy (non-hydrogen) atoms. The molecule has 6 nitrogen and oxygen atoms in total. The quantitative estimate of drug-likeness (QED) is 0.777. The van der Waals surface area contributed by atoms with Gasteiger partial charge in [0.1, 0.15) is 11.5 Å². The van der Waals surface area contributed by atoms with Crippen LogP contribution < -0.4 is 10.1 Å². The van der Waals surface area contributed by atoms with Crippen molar-refractivity contribution in [2.24, 2.45) is 5.92 Å². The molecule has 1 aromatic heterocycles. The first-order chi connectivity index (χ1) is 11.6. The van der Waals surface area contributed by atoms with Crippen LogP contribution in [0.5, 0.6) is 11.5 Å². The molecule has 0 aliphatic heterocycles. The number of hydrogen-bond donors (Lipinski definition) is 2. The molecule has 0 radical (unpaired) electrons. The summed E-state index contributed by atoms with van der Waals surface area (Å²) in [5, 5.41) is 11.8. The average molecular weight is 328 g/mol. The van der Waals surface area contributed by atoms with E-state index in [2.05, 4.69) is 10.3 Å². The number of aromatic nitrogens is 1. The van der Waals surface area contributed by atoms with E-state index in [1.165, 1.54) is 0 Å². The van der Waals surface area contributed by atoms with Gasteiger partial charge in [0.05, 0.1) is 12.1 Å². The zero-order valence-corrected chi connectivity index (χ0v) is 13.4. The Labute approximate surface area is 140 Å². The van der Waals surface area contributed by atoms with Crippen LogP contribution in [-0.2, 0) is 4.79 Å². The van der Waals surface area contributed by atoms with Crippen LogP contribution in [0, 0.1) is 5.92 Å². The molecule has 0 bridgehead atoms. The number of amides is 1. The molecule has 0 saturated heterocycles. The molecular weight excluding hydrogens is 308 g/mol. The number of nitrogens with zero attached hydrogens (tertiary/aromatic N) is 1. The summed E-state index contributed by atoms with van der Waals surface area (Å²) >= 11 is 0. The standard InChI is InChI=1S/C18H20N2O4/c1-2-4-14(18(22)23)11-20-17(21)13-6-8-15(9-7-13)24-16-5-3-10-19-12-16/h3,5-10,12,14H,2,4,11H2,1H3,(H,20,21)(H,22,23). The molecule has 1 amide bonds. The van der Waals surface area contributed by atoms with Crippen LogP contribution in [-0.4, -0.2) is 28.5 Å². The minimum atomic E-state index is -0.891. The Morgan fingerprint density at radius 2 is 1.96 bits per heavy atom. The van der Waals surface area contributed by atoms with Crippen molar-refractivity contribution in [3.63, 3.8) is 0 Å². The molecule has 2 aromatic rings. The summed E-state index contributed by atoms with van der Waals surface area (Å²) in [5.41, 5.74) is 0.453. The summed E-state index contributed by atoms with van der Waals surface area (Å²) in [4.78, 5) is 27.1. The van der Waals surface area contributed by atoms with E-state index in [0.29, 0.717) is 23.5 Å². The number of aliphatic carboxylic acids is 1. The predicted molar refractivity (Wildman–Crippen MR) is 89.1 cm³/mol. The van der Waals surface area contributed by atoms with Crippen molar-refractivity contribution in [1.82, 2.24) is 10.3 Å². The summed E-state index contributed by atoms with van der Waals surface area (Å²) in [6.45, 7) is 2.04. The van der Waals surface area contributed by atoms with Crippen LogP contribution in [0.4, 0.5) is 0 Å². The number of benzene rings is 1. The Balaban J connectivity index is 1.92. The molecule has 0 saturated carbocycles. The number of nitrogens with one attached hydrogen (secondary N) is 1. The fourth-order valence-electron chi connectivity index (χ4n) is 2.20. The molecule has 1 heterocycles. The molecule has 0 aliphatic rings. The number of carbonyl (C=O) groups is 2. The first kappa shape index (κ1) is 17.5. The first-order valence-corrected chi connectivity index (χ1v) is 7.79. The summed E-state index contributed by atoms with van der Waals surface area (Å²) in [6, 6.07) is 10.2. The molecule has 1 unspecified atom stereocenters. The van der Waals surface area contributed by atoms with Crippen LogP contribution >= 0.6 is 0 Å². The predicted octanol–water partition coefficient (Wildman–Crippen LogP) is 3.10. The van der Waals surface area contributed by atoms with E-state index in [-0.39, 0.29) is 12.5 Å². The lowest BCUT2D eigenvalue weighted by atomic mass is 10.0. The van der Waals surface area contributed by atoms with Gasteiger partial charge in [-0.25, -0.2) is 0 Å². The molecule has 126 valence electrons. The van der Waals surface area contributed by atoms with Crippen molar-refractivity contribution in [2.75, 3.05) is 6.54 Å². The maximum atomic E-state index is 12.1. The van der Waals surface area contributed by atoms with Gasteiger partial charge in [-0.3, -0.25) is 14.6 Å². The van der Waals surface area contributed by atoms with E-state index < -0.39 is 11.9 Å². The third-order valence-electron chi connectivity index (χ3n) is 3.48. The van der Waals surface area contributed by atoms with E-state index in [0.717, 1.165) is 6.42 Å². The Bertz CT molecular complexity index is 671. The van der Waals surface area contributed by atoms with Gasteiger partial charge in [-0.15, -0.1) is 0 Å². The molecule has 1 atom stereocenters. The Kier molecular flexibility index (Phi) is 6.31. The van der Waals surface area contributed by atoms with Crippen LogP contribution in [0.25, 0.3) is 0 Å². The van der Waals surface area contributed by atoms with E-state index in [1.807, 2.05) is 6.92 Å². The van der Waals surface area contributed by atoms with Crippen molar-refractivity contribution in [1.29, 1.82) is 0 Å². The number of ether oxygens (including phenoxy) is 1. The van der Waals surface area contributed by atoms with E-state index in [4.69, 9.17) is 9.84 Å². The monoisotopic (exact) mass is 328 g/mol. The van der Waals surface area contributed by atoms with Crippen molar-refractivity contribution in [2.45, 2.75) is 19.8 Å². The Hall–Kier alpha value is -2.89. The molecular formula is C18H20N2O4. The second kappa shape index (κ2) is 8.67. The zero-order chi connectivity index (χ0) is 17.4. The minimum absolute atomic E-state index is 0.121. The third-order valence-corrected chi connectivity index (χ3v) is 3.48. The highest BCUT2D eigenvalue weighted by atomic mass is 16.5. The molecule has 2 N–H and O–H groups in total. The van der Waals surface area contributed by atoms with Crippen molar-refractivity contribution in [3.8, 4) is 11.5 Å². The number of rotatable bonds is 8. The van der Waals surface area contributed by atoms with Crippen LogP contribution in [0.3, 0.4) is 0 Å².